The average Bonchev–Trinajstić information content (AvgIpc) is 2.82. The lowest BCUT2D eigenvalue weighted by molar-refractivity contribution is 0.383. The minimum absolute atomic E-state index is 0.00223. The summed E-state index contributed by atoms with van der Waals surface area (Å²) in [6.45, 7) is 4.79. The van der Waals surface area contributed by atoms with Gasteiger partial charge in [0.15, 0.2) is 0 Å². The van der Waals surface area contributed by atoms with Crippen LogP contribution in [0.15, 0.2) is 46.5 Å². The van der Waals surface area contributed by atoms with E-state index in [-0.39, 0.29) is 16.6 Å². The topological polar surface area (TPSA) is 76.5 Å². The fourth-order valence-electron chi connectivity index (χ4n) is 3.48. The molecule has 2 aromatic heterocycles. The second kappa shape index (κ2) is 11.7. The van der Waals surface area contributed by atoms with Crippen molar-refractivity contribution in [3.8, 4) is 5.88 Å². The smallest absolute Gasteiger partial charge is 0.231 e. The van der Waals surface area contributed by atoms with Crippen molar-refractivity contribution in [2.45, 2.75) is 38.0 Å². The molecular formula is C25H29F2N4O2PS. The maximum atomic E-state index is 14.7. The Bertz CT molecular complexity index is 1350. The minimum Gasteiger partial charge on any atom is -0.480 e. The summed E-state index contributed by atoms with van der Waals surface area (Å²) >= 11 is 0. The van der Waals surface area contributed by atoms with Gasteiger partial charge in [0.1, 0.15) is 16.5 Å². The second-order valence-electron chi connectivity index (χ2n) is 8.01. The standard InChI is InChI=1S/C25H29F2N4O2PS/c1-5-10-28-15-22-16(2)11-17(13-29-22)6-7-19-20(27)8-9-21(24(19)34)31-35(4,32)23-12-18(26)14-30-25(23)33-3/h8-9,11-15H,4-7,10,34H2,1-3H3,(H,31,32). The highest BCUT2D eigenvalue weighted by atomic mass is 32.2. The summed E-state index contributed by atoms with van der Waals surface area (Å²) in [7, 11) is 0.586. The van der Waals surface area contributed by atoms with E-state index in [1.54, 1.807) is 12.4 Å². The first-order chi connectivity index (χ1) is 16.7. The molecule has 0 fully saturated rings. The van der Waals surface area contributed by atoms with Gasteiger partial charge in [0.25, 0.3) is 0 Å². The zero-order valence-electron chi connectivity index (χ0n) is 20.0. The molecule has 3 rings (SSSR count). The molecule has 2 unspecified atom stereocenters. The van der Waals surface area contributed by atoms with E-state index in [9.17, 15) is 13.0 Å². The van der Waals surface area contributed by atoms with Gasteiger partial charge >= 0.3 is 0 Å². The molecule has 0 radical (unpaired) electrons. The molecule has 1 aromatic carbocycles. The van der Waals surface area contributed by atoms with Crippen LogP contribution in [-0.4, -0.2) is 39.9 Å². The van der Waals surface area contributed by atoms with Crippen molar-refractivity contribution in [2.24, 2.45) is 4.99 Å². The molecular weight excluding hydrogens is 489 g/mol. The normalized spacial score (nSPS) is 13.1. The van der Waals surface area contributed by atoms with Crippen LogP contribution >= 0.6 is 9.24 Å². The molecule has 0 aliphatic rings. The molecule has 35 heavy (non-hydrogen) atoms. The molecule has 0 spiro atoms. The molecule has 0 saturated heterocycles. The number of rotatable bonds is 10. The van der Waals surface area contributed by atoms with E-state index in [2.05, 4.69) is 41.7 Å². The maximum Gasteiger partial charge on any atom is 0.231 e. The van der Waals surface area contributed by atoms with E-state index in [4.69, 9.17) is 4.74 Å². The van der Waals surface area contributed by atoms with Crippen LogP contribution in [0.3, 0.4) is 0 Å². The number of hydrogen-bond donors (Lipinski definition) is 1. The van der Waals surface area contributed by atoms with Gasteiger partial charge in [-0.3, -0.25) is 9.98 Å². The van der Waals surface area contributed by atoms with E-state index in [1.165, 1.54) is 19.2 Å². The van der Waals surface area contributed by atoms with Crippen LogP contribution in [0.5, 0.6) is 5.88 Å². The van der Waals surface area contributed by atoms with Crippen LogP contribution in [0, 0.1) is 18.6 Å². The predicted octanol–water partition coefficient (Wildman–Crippen LogP) is 4.29. The Morgan fingerprint density at radius 2 is 2.00 bits per heavy atom. The molecule has 2 heterocycles. The number of benzene rings is 1. The molecule has 186 valence electrons. The second-order valence-corrected chi connectivity index (χ2v) is 10.6. The maximum absolute atomic E-state index is 14.7. The van der Waals surface area contributed by atoms with Gasteiger partial charge in [-0.1, -0.05) is 13.0 Å². The van der Waals surface area contributed by atoms with Crippen LogP contribution < -0.4 is 14.8 Å². The number of nitrogens with zero attached hydrogens (tertiary/aromatic N) is 3. The number of ether oxygens (including phenoxy) is 1. The van der Waals surface area contributed by atoms with Gasteiger partial charge in [-0.2, -0.15) is 0 Å². The Balaban J connectivity index is 1.82. The third-order valence-corrected chi connectivity index (χ3v) is 7.53. The lowest BCUT2D eigenvalue weighted by Gasteiger charge is -2.18. The lowest BCUT2D eigenvalue weighted by Crippen LogP contribution is -2.20. The number of hydrogen-bond acceptors (Lipinski definition) is 5. The number of aliphatic imine (C=N–C) groups is 1. The summed E-state index contributed by atoms with van der Waals surface area (Å²) in [6.07, 6.45) is 6.44. The van der Waals surface area contributed by atoms with E-state index in [1.807, 2.05) is 13.0 Å². The molecule has 0 saturated carbocycles. The van der Waals surface area contributed by atoms with Crippen LogP contribution in [-0.2, 0) is 22.5 Å². The first kappa shape index (κ1) is 26.7. The van der Waals surface area contributed by atoms with E-state index < -0.39 is 15.5 Å². The first-order valence-electron chi connectivity index (χ1n) is 11.0. The van der Waals surface area contributed by atoms with Crippen LogP contribution in [0.4, 0.5) is 14.5 Å². The summed E-state index contributed by atoms with van der Waals surface area (Å²) in [4.78, 5) is 12.6. The number of halogens is 2. The van der Waals surface area contributed by atoms with E-state index in [0.717, 1.165) is 42.0 Å². The summed E-state index contributed by atoms with van der Waals surface area (Å²) in [6, 6.07) is 5.86. The zero-order chi connectivity index (χ0) is 25.6. The summed E-state index contributed by atoms with van der Waals surface area (Å²) < 4.78 is 49.8. The van der Waals surface area contributed by atoms with Gasteiger partial charge in [0, 0.05) is 19.0 Å². The number of anilines is 1. The SMILES string of the molecule is C=S(=O)(Nc1ccc(F)c(CCc2cnc(C=NCCC)c(C)c2)c1P)c1cc(F)cnc1OC. The van der Waals surface area contributed by atoms with Crippen molar-refractivity contribution < 1.29 is 17.7 Å². The van der Waals surface area contributed by atoms with E-state index >= 15 is 0 Å². The van der Waals surface area contributed by atoms with E-state index in [0.29, 0.717) is 29.4 Å². The van der Waals surface area contributed by atoms with Gasteiger partial charge in [-0.25, -0.2) is 18.0 Å². The van der Waals surface area contributed by atoms with Gasteiger partial charge in [0.2, 0.25) is 5.88 Å². The Hall–Kier alpha value is -2.90. The summed E-state index contributed by atoms with van der Waals surface area (Å²) in [5.41, 5.74) is 3.63. The third-order valence-electron chi connectivity index (χ3n) is 5.31. The Morgan fingerprint density at radius 3 is 2.69 bits per heavy atom. The third kappa shape index (κ3) is 6.61. The summed E-state index contributed by atoms with van der Waals surface area (Å²) in [5.74, 6) is 2.67. The largest absolute Gasteiger partial charge is 0.480 e. The lowest BCUT2D eigenvalue weighted by atomic mass is 10.0. The monoisotopic (exact) mass is 518 g/mol. The highest BCUT2D eigenvalue weighted by Crippen LogP contribution is 2.26. The highest BCUT2D eigenvalue weighted by Gasteiger charge is 2.19. The fourth-order valence-corrected chi connectivity index (χ4v) is 5.40. The average molecular weight is 519 g/mol. The van der Waals surface area contributed by atoms with Crippen molar-refractivity contribution in [3.05, 3.63) is 70.7 Å². The first-order valence-corrected chi connectivity index (χ1v) is 13.3. The highest BCUT2D eigenvalue weighted by molar-refractivity contribution is 8.01. The van der Waals surface area contributed by atoms with Gasteiger partial charge < -0.3 is 9.46 Å². The quantitative estimate of drug-likeness (QED) is 0.247. The molecule has 0 amide bonds. The van der Waals surface area contributed by atoms with Crippen LogP contribution in [0.2, 0.25) is 0 Å². The molecule has 0 aliphatic heterocycles. The zero-order valence-corrected chi connectivity index (χ0v) is 21.9. The molecule has 6 nitrogen and oxygen atoms in total. The van der Waals surface area contributed by atoms with Crippen LogP contribution in [0.25, 0.3) is 0 Å². The molecule has 0 aliphatic carbocycles. The van der Waals surface area contributed by atoms with Crippen LogP contribution in [0.1, 0.15) is 35.7 Å². The van der Waals surface area contributed by atoms with Crippen molar-refractivity contribution in [3.63, 3.8) is 0 Å². The van der Waals surface area contributed by atoms with Crippen molar-refractivity contribution >= 4 is 42.0 Å². The number of aryl methyl sites for hydroxylation is 2. The Kier molecular flexibility index (Phi) is 8.92. The van der Waals surface area contributed by atoms with Crippen molar-refractivity contribution in [1.82, 2.24) is 9.97 Å². The molecule has 3 aromatic rings. The number of nitrogens with one attached hydrogen (secondary N) is 1. The number of methoxy groups -OCH3 is 1. The van der Waals surface area contributed by atoms with Gasteiger partial charge in [0.05, 0.1) is 34.4 Å². The Labute approximate surface area is 207 Å². The Morgan fingerprint density at radius 1 is 1.23 bits per heavy atom. The molecule has 10 heteroatoms. The molecule has 0 bridgehead atoms. The number of aromatic nitrogens is 2. The van der Waals surface area contributed by atoms with Gasteiger partial charge in [-0.05, 0) is 72.3 Å². The summed E-state index contributed by atoms with van der Waals surface area (Å²) in [5, 5.41) is 0.512. The predicted molar refractivity (Wildman–Crippen MR) is 143 cm³/mol. The van der Waals surface area contributed by atoms with Crippen molar-refractivity contribution in [1.29, 1.82) is 0 Å². The minimum atomic E-state index is -3.25. The van der Waals surface area contributed by atoms with Gasteiger partial charge in [-0.15, -0.1) is 9.24 Å². The molecule has 2 atom stereocenters. The fraction of sp³-hybridized carbons (Fsp3) is 0.280. The molecule has 1 N–H and O–H groups in total. The van der Waals surface area contributed by atoms with Crippen molar-refractivity contribution in [2.75, 3.05) is 18.4 Å². The number of pyridine rings is 2.